The molecule has 1 aromatic heterocycles. The predicted octanol–water partition coefficient (Wildman–Crippen LogP) is 4.25. The lowest BCUT2D eigenvalue weighted by molar-refractivity contribution is 0.312. The molecule has 0 fully saturated rings. The minimum absolute atomic E-state index is 0.00585. The van der Waals surface area contributed by atoms with Crippen molar-refractivity contribution < 1.29 is 0 Å². The average Bonchev–Trinajstić information content (AvgIpc) is 2.67. The van der Waals surface area contributed by atoms with E-state index in [4.69, 9.17) is 23.2 Å². The van der Waals surface area contributed by atoms with Gasteiger partial charge < -0.3 is 10.2 Å². The van der Waals surface area contributed by atoms with Crippen molar-refractivity contribution in [3.63, 3.8) is 0 Å². The maximum Gasteiger partial charge on any atom is 0.292 e. The highest BCUT2D eigenvalue weighted by atomic mass is 35.5. The van der Waals surface area contributed by atoms with E-state index in [0.29, 0.717) is 22.9 Å². The van der Waals surface area contributed by atoms with Gasteiger partial charge in [-0.25, -0.2) is 0 Å². The van der Waals surface area contributed by atoms with Gasteiger partial charge in [0.1, 0.15) is 5.02 Å². The molecule has 2 aromatic carbocycles. The molecule has 5 nitrogen and oxygen atoms in total. The van der Waals surface area contributed by atoms with Gasteiger partial charge in [-0.05, 0) is 37.9 Å². The summed E-state index contributed by atoms with van der Waals surface area (Å²) < 4.78 is 1.28. The van der Waals surface area contributed by atoms with E-state index in [-0.39, 0.29) is 16.6 Å². The molecule has 1 N–H and O–H groups in total. The van der Waals surface area contributed by atoms with Crippen molar-refractivity contribution in [1.29, 1.82) is 0 Å². The molecule has 0 amide bonds. The Balaban J connectivity index is 1.84. The normalized spacial score (nSPS) is 12.2. The third-order valence-electron chi connectivity index (χ3n) is 4.29. The van der Waals surface area contributed by atoms with Crippen molar-refractivity contribution in [3.8, 4) is 5.69 Å². The van der Waals surface area contributed by atoms with Gasteiger partial charge in [-0.15, -0.1) is 0 Å². The molecular formula is C20H20Cl2N4O. The summed E-state index contributed by atoms with van der Waals surface area (Å²) in [7, 11) is 3.95. The molecule has 0 aliphatic carbocycles. The van der Waals surface area contributed by atoms with Crippen LogP contribution < -0.4 is 10.9 Å². The molecule has 0 aliphatic rings. The number of halogens is 2. The first-order valence-electron chi connectivity index (χ1n) is 8.47. The zero-order chi connectivity index (χ0) is 19.4. The molecule has 7 heteroatoms. The van der Waals surface area contributed by atoms with Gasteiger partial charge >= 0.3 is 0 Å². The zero-order valence-corrected chi connectivity index (χ0v) is 16.6. The lowest BCUT2D eigenvalue weighted by Crippen LogP contribution is -2.28. The number of aromatic nitrogens is 2. The molecule has 0 bridgehead atoms. The molecule has 0 radical (unpaired) electrons. The maximum absolute atomic E-state index is 12.6. The van der Waals surface area contributed by atoms with Crippen LogP contribution in [0.4, 0.5) is 5.69 Å². The quantitative estimate of drug-likeness (QED) is 0.669. The van der Waals surface area contributed by atoms with Gasteiger partial charge in [0, 0.05) is 11.6 Å². The smallest absolute Gasteiger partial charge is 0.292 e. The molecule has 0 saturated carbocycles. The maximum atomic E-state index is 12.6. The van der Waals surface area contributed by atoms with E-state index in [1.807, 2.05) is 56.6 Å². The number of hydrogen-bond donors (Lipinski definition) is 1. The van der Waals surface area contributed by atoms with E-state index < -0.39 is 0 Å². The van der Waals surface area contributed by atoms with E-state index in [2.05, 4.69) is 15.3 Å². The minimum Gasteiger partial charge on any atom is -0.380 e. The highest BCUT2D eigenvalue weighted by Gasteiger charge is 2.18. The number of nitrogens with one attached hydrogen (secondary N) is 1. The van der Waals surface area contributed by atoms with Crippen LogP contribution in [0.15, 0.2) is 65.6 Å². The number of para-hydroxylation sites is 1. The van der Waals surface area contributed by atoms with Crippen LogP contribution >= 0.6 is 23.2 Å². The Kier molecular flexibility index (Phi) is 6.16. The number of likely N-dealkylation sites (N-methyl/N-ethyl adjacent to an activating group) is 1. The molecule has 0 spiro atoms. The summed E-state index contributed by atoms with van der Waals surface area (Å²) in [4.78, 5) is 14.6. The van der Waals surface area contributed by atoms with Crippen molar-refractivity contribution in [2.75, 3.05) is 26.0 Å². The molecule has 1 heterocycles. The number of benzene rings is 2. The average molecular weight is 403 g/mol. The molecule has 0 unspecified atom stereocenters. The van der Waals surface area contributed by atoms with Gasteiger partial charge in [0.25, 0.3) is 5.56 Å². The topological polar surface area (TPSA) is 50.2 Å². The summed E-state index contributed by atoms with van der Waals surface area (Å²) in [6, 6.07) is 16.9. The Morgan fingerprint density at radius 2 is 1.74 bits per heavy atom. The van der Waals surface area contributed by atoms with Gasteiger partial charge in [0.15, 0.2) is 0 Å². The van der Waals surface area contributed by atoms with Crippen molar-refractivity contribution in [3.05, 3.63) is 86.8 Å². The first kappa shape index (κ1) is 19.4. The molecule has 27 heavy (non-hydrogen) atoms. The molecule has 1 atom stereocenters. The number of hydrogen-bond acceptors (Lipinski definition) is 4. The Morgan fingerprint density at radius 3 is 2.41 bits per heavy atom. The Hall–Kier alpha value is -2.34. The van der Waals surface area contributed by atoms with Crippen LogP contribution in [0.25, 0.3) is 5.69 Å². The van der Waals surface area contributed by atoms with Crippen molar-refractivity contribution >= 4 is 28.9 Å². The first-order chi connectivity index (χ1) is 13.0. The van der Waals surface area contributed by atoms with Crippen LogP contribution in [-0.2, 0) is 0 Å². The highest BCUT2D eigenvalue weighted by molar-refractivity contribution is 6.33. The van der Waals surface area contributed by atoms with Crippen molar-refractivity contribution in [2.24, 2.45) is 0 Å². The van der Waals surface area contributed by atoms with Gasteiger partial charge in [0.2, 0.25) is 0 Å². The summed E-state index contributed by atoms with van der Waals surface area (Å²) >= 11 is 12.7. The standard InChI is InChI=1S/C20H20Cl2N4O/c1-25(2)18(15-10-6-7-11-16(15)21)13-23-17-12-24-26(20(27)19(17)22)14-8-4-3-5-9-14/h3-12,18,23H,13H2,1-2H3/t18-/m1/s1. The van der Waals surface area contributed by atoms with Crippen LogP contribution in [0.3, 0.4) is 0 Å². The fourth-order valence-electron chi connectivity index (χ4n) is 2.83. The van der Waals surface area contributed by atoms with Crippen LogP contribution in [0.5, 0.6) is 0 Å². The largest absolute Gasteiger partial charge is 0.380 e. The number of anilines is 1. The Labute approximate surface area is 168 Å². The van der Waals surface area contributed by atoms with Crippen LogP contribution in [0, 0.1) is 0 Å². The van der Waals surface area contributed by atoms with E-state index >= 15 is 0 Å². The van der Waals surface area contributed by atoms with E-state index in [0.717, 1.165) is 5.56 Å². The third kappa shape index (κ3) is 4.33. The summed E-state index contributed by atoms with van der Waals surface area (Å²) in [5.41, 5.74) is 1.79. The second-order valence-corrected chi connectivity index (χ2v) is 7.09. The van der Waals surface area contributed by atoms with Gasteiger partial charge in [0.05, 0.1) is 23.6 Å². The predicted molar refractivity (Wildman–Crippen MR) is 111 cm³/mol. The fourth-order valence-corrected chi connectivity index (χ4v) is 3.29. The van der Waals surface area contributed by atoms with E-state index in [1.165, 1.54) is 4.68 Å². The highest BCUT2D eigenvalue weighted by Crippen LogP contribution is 2.27. The van der Waals surface area contributed by atoms with Crippen molar-refractivity contribution in [1.82, 2.24) is 14.7 Å². The van der Waals surface area contributed by atoms with Gasteiger partial charge in [-0.2, -0.15) is 9.78 Å². The summed E-state index contributed by atoms with van der Waals surface area (Å²) in [5, 5.41) is 8.27. The minimum atomic E-state index is -0.369. The van der Waals surface area contributed by atoms with Gasteiger partial charge in [-0.3, -0.25) is 4.79 Å². The molecule has 0 saturated heterocycles. The SMILES string of the molecule is CN(C)[C@H](CNc1cnn(-c2ccccc2)c(=O)c1Cl)c1ccccc1Cl. The second kappa shape index (κ2) is 8.57. The lowest BCUT2D eigenvalue weighted by Gasteiger charge is -2.26. The van der Waals surface area contributed by atoms with Crippen molar-refractivity contribution in [2.45, 2.75) is 6.04 Å². The van der Waals surface area contributed by atoms with E-state index in [1.54, 1.807) is 18.3 Å². The van der Waals surface area contributed by atoms with Gasteiger partial charge in [-0.1, -0.05) is 59.6 Å². The van der Waals surface area contributed by atoms with Crippen LogP contribution in [-0.4, -0.2) is 35.3 Å². The molecule has 3 rings (SSSR count). The number of nitrogens with zero attached hydrogens (tertiary/aromatic N) is 3. The summed E-state index contributed by atoms with van der Waals surface area (Å²) in [6.45, 7) is 0.521. The molecule has 140 valence electrons. The summed E-state index contributed by atoms with van der Waals surface area (Å²) in [5.74, 6) is 0. The van der Waals surface area contributed by atoms with E-state index in [9.17, 15) is 4.79 Å². The van der Waals surface area contributed by atoms with Crippen LogP contribution in [0.1, 0.15) is 11.6 Å². The zero-order valence-electron chi connectivity index (χ0n) is 15.1. The third-order valence-corrected chi connectivity index (χ3v) is 5.00. The Morgan fingerprint density at radius 1 is 1.07 bits per heavy atom. The molecule has 3 aromatic rings. The Bertz CT molecular complexity index is 973. The lowest BCUT2D eigenvalue weighted by atomic mass is 10.1. The number of rotatable bonds is 6. The second-order valence-electron chi connectivity index (χ2n) is 6.31. The van der Waals surface area contributed by atoms with Crippen LogP contribution in [0.2, 0.25) is 10.0 Å². The summed E-state index contributed by atoms with van der Waals surface area (Å²) in [6.07, 6.45) is 1.57. The molecular weight excluding hydrogens is 383 g/mol. The first-order valence-corrected chi connectivity index (χ1v) is 9.22. The fraction of sp³-hybridized carbons (Fsp3) is 0.200. The molecule has 0 aliphatic heterocycles. The monoisotopic (exact) mass is 402 g/mol.